The average Bonchev–Trinajstić information content (AvgIpc) is 3.32. The van der Waals surface area contributed by atoms with Crippen LogP contribution in [0.15, 0.2) is 84.2 Å². The maximum Gasteiger partial charge on any atom is 0.264 e. The lowest BCUT2D eigenvalue weighted by Crippen LogP contribution is -2.20. The number of carbonyl (C=O) groups excluding carboxylic acids is 1. The highest BCUT2D eigenvalue weighted by Crippen LogP contribution is 2.32. The smallest absolute Gasteiger partial charge is 0.264 e. The number of hydrogen-bond donors (Lipinski definition) is 1. The van der Waals surface area contributed by atoms with Gasteiger partial charge in [-0.25, -0.2) is 4.98 Å². The van der Waals surface area contributed by atoms with Gasteiger partial charge < -0.3 is 9.47 Å². The number of rotatable bonds is 8. The zero-order valence-corrected chi connectivity index (χ0v) is 19.7. The van der Waals surface area contributed by atoms with Crippen LogP contribution in [0.25, 0.3) is 11.3 Å². The van der Waals surface area contributed by atoms with Crippen molar-refractivity contribution in [1.29, 1.82) is 0 Å². The molecule has 0 aliphatic carbocycles. The van der Waals surface area contributed by atoms with Crippen molar-refractivity contribution >= 4 is 22.4 Å². The fourth-order valence-electron chi connectivity index (χ4n) is 3.52. The summed E-state index contributed by atoms with van der Waals surface area (Å²) in [4.78, 5) is 16.8. The van der Waals surface area contributed by atoms with E-state index in [4.69, 9.17) is 9.47 Å². The predicted molar refractivity (Wildman–Crippen MR) is 133 cm³/mol. The fourth-order valence-corrected chi connectivity index (χ4v) is 4.25. The summed E-state index contributed by atoms with van der Waals surface area (Å²) in [6, 6.07) is 25.9. The van der Waals surface area contributed by atoms with Crippen LogP contribution in [0.1, 0.15) is 25.0 Å². The second-order valence-electron chi connectivity index (χ2n) is 8.12. The number of amides is 1. The molecule has 168 valence electrons. The molecule has 0 radical (unpaired) electrons. The Morgan fingerprint density at radius 3 is 2.21 bits per heavy atom. The molecule has 0 fully saturated rings. The van der Waals surface area contributed by atoms with E-state index in [-0.39, 0.29) is 17.9 Å². The standard InChI is InChI=1S/C27H26N2O3S/c1-27(2,20-7-5-4-6-8-20)21-11-15-23(16-12-21)32-17-25(30)29-26-28-24(18-33-26)19-9-13-22(31-3)14-10-19/h4-16,18H,17H2,1-3H3,(H,28,29,30). The summed E-state index contributed by atoms with van der Waals surface area (Å²) in [5.41, 5.74) is 4.07. The lowest BCUT2D eigenvalue weighted by Gasteiger charge is -2.26. The van der Waals surface area contributed by atoms with Crippen LogP contribution in [0.2, 0.25) is 0 Å². The Labute approximate surface area is 198 Å². The van der Waals surface area contributed by atoms with E-state index in [1.54, 1.807) is 7.11 Å². The van der Waals surface area contributed by atoms with Crippen molar-refractivity contribution in [2.45, 2.75) is 19.3 Å². The Hall–Kier alpha value is -3.64. The van der Waals surface area contributed by atoms with Gasteiger partial charge in [-0.1, -0.05) is 56.3 Å². The number of nitrogens with zero attached hydrogens (tertiary/aromatic N) is 1. The molecule has 6 heteroatoms. The van der Waals surface area contributed by atoms with Gasteiger partial charge in [-0.2, -0.15) is 0 Å². The van der Waals surface area contributed by atoms with Gasteiger partial charge in [0.1, 0.15) is 11.5 Å². The Morgan fingerprint density at radius 1 is 0.909 bits per heavy atom. The summed E-state index contributed by atoms with van der Waals surface area (Å²) in [6.45, 7) is 4.30. The molecule has 0 saturated carbocycles. The number of anilines is 1. The highest BCUT2D eigenvalue weighted by molar-refractivity contribution is 7.14. The van der Waals surface area contributed by atoms with E-state index in [2.05, 4.69) is 48.4 Å². The van der Waals surface area contributed by atoms with E-state index in [0.717, 1.165) is 17.0 Å². The van der Waals surface area contributed by atoms with Gasteiger partial charge in [0.05, 0.1) is 12.8 Å². The number of carbonyl (C=O) groups is 1. The van der Waals surface area contributed by atoms with Gasteiger partial charge >= 0.3 is 0 Å². The van der Waals surface area contributed by atoms with Crippen molar-refractivity contribution in [3.63, 3.8) is 0 Å². The number of thiazole rings is 1. The van der Waals surface area contributed by atoms with Gasteiger partial charge in [-0.15, -0.1) is 11.3 Å². The lowest BCUT2D eigenvalue weighted by atomic mass is 9.78. The van der Waals surface area contributed by atoms with E-state index in [1.807, 2.05) is 60.0 Å². The third-order valence-electron chi connectivity index (χ3n) is 5.58. The Kier molecular flexibility index (Phi) is 6.75. The highest BCUT2D eigenvalue weighted by Gasteiger charge is 2.22. The maximum absolute atomic E-state index is 12.3. The third kappa shape index (κ3) is 5.41. The molecule has 0 unspecified atom stereocenters. The molecule has 0 saturated heterocycles. The van der Waals surface area contributed by atoms with Crippen LogP contribution in [0.5, 0.6) is 11.5 Å². The van der Waals surface area contributed by atoms with Gasteiger partial charge in [0.15, 0.2) is 11.7 Å². The minimum atomic E-state index is -0.251. The summed E-state index contributed by atoms with van der Waals surface area (Å²) in [5, 5.41) is 5.25. The van der Waals surface area contributed by atoms with Crippen LogP contribution in [-0.4, -0.2) is 24.6 Å². The molecule has 0 spiro atoms. The molecule has 33 heavy (non-hydrogen) atoms. The molecule has 0 aliphatic rings. The fraction of sp³-hybridized carbons (Fsp3) is 0.185. The number of benzene rings is 3. The van der Waals surface area contributed by atoms with Gasteiger partial charge in [0.2, 0.25) is 0 Å². The Balaban J connectivity index is 1.32. The van der Waals surface area contributed by atoms with Crippen LogP contribution in [0, 0.1) is 0 Å². The van der Waals surface area contributed by atoms with Gasteiger partial charge in [-0.3, -0.25) is 10.1 Å². The Bertz CT molecular complexity index is 1200. The lowest BCUT2D eigenvalue weighted by molar-refractivity contribution is -0.118. The quantitative estimate of drug-likeness (QED) is 0.343. The van der Waals surface area contributed by atoms with Crippen LogP contribution in [0.3, 0.4) is 0 Å². The van der Waals surface area contributed by atoms with Gasteiger partial charge in [0, 0.05) is 16.4 Å². The molecule has 0 atom stereocenters. The minimum absolute atomic E-state index is 0.0845. The first-order valence-electron chi connectivity index (χ1n) is 10.6. The molecule has 5 nitrogen and oxygen atoms in total. The molecule has 4 aromatic rings. The summed E-state index contributed by atoms with van der Waals surface area (Å²) in [5.74, 6) is 1.19. The second-order valence-corrected chi connectivity index (χ2v) is 8.98. The molecule has 1 aromatic heterocycles. The summed E-state index contributed by atoms with van der Waals surface area (Å²) in [6.07, 6.45) is 0. The number of methoxy groups -OCH3 is 1. The first kappa shape index (κ1) is 22.6. The van der Waals surface area contributed by atoms with Gasteiger partial charge in [0.25, 0.3) is 5.91 Å². The molecule has 1 amide bonds. The van der Waals surface area contributed by atoms with E-state index < -0.39 is 0 Å². The zero-order valence-electron chi connectivity index (χ0n) is 18.9. The molecule has 1 N–H and O–H groups in total. The predicted octanol–water partition coefficient (Wildman–Crippen LogP) is 6.16. The van der Waals surface area contributed by atoms with Crippen LogP contribution in [0.4, 0.5) is 5.13 Å². The normalized spacial score (nSPS) is 11.1. The first-order valence-corrected chi connectivity index (χ1v) is 11.5. The highest BCUT2D eigenvalue weighted by atomic mass is 32.1. The first-order chi connectivity index (χ1) is 16.0. The van der Waals surface area contributed by atoms with Crippen molar-refractivity contribution < 1.29 is 14.3 Å². The molecule has 3 aromatic carbocycles. The molecule has 0 aliphatic heterocycles. The summed E-state index contributed by atoms with van der Waals surface area (Å²) in [7, 11) is 1.63. The largest absolute Gasteiger partial charge is 0.497 e. The van der Waals surface area contributed by atoms with Crippen LogP contribution in [-0.2, 0) is 10.2 Å². The molecule has 1 heterocycles. The third-order valence-corrected chi connectivity index (χ3v) is 6.34. The van der Waals surface area contributed by atoms with E-state index in [1.165, 1.54) is 22.5 Å². The SMILES string of the molecule is COc1ccc(-c2csc(NC(=O)COc3ccc(C(C)(C)c4ccccc4)cc3)n2)cc1. The Morgan fingerprint density at radius 2 is 1.55 bits per heavy atom. The molecular formula is C27H26N2O3S. The van der Waals surface area contributed by atoms with Crippen molar-refractivity contribution in [3.8, 4) is 22.8 Å². The van der Waals surface area contributed by atoms with Crippen molar-refractivity contribution in [2.24, 2.45) is 0 Å². The average molecular weight is 459 g/mol. The number of nitrogens with one attached hydrogen (secondary N) is 1. The van der Waals surface area contributed by atoms with Crippen molar-refractivity contribution in [2.75, 3.05) is 19.0 Å². The van der Waals surface area contributed by atoms with E-state index >= 15 is 0 Å². The topological polar surface area (TPSA) is 60.5 Å². The minimum Gasteiger partial charge on any atom is -0.497 e. The van der Waals surface area contributed by atoms with E-state index in [0.29, 0.717) is 10.9 Å². The summed E-state index contributed by atoms with van der Waals surface area (Å²) >= 11 is 1.38. The summed E-state index contributed by atoms with van der Waals surface area (Å²) < 4.78 is 10.9. The number of ether oxygens (including phenoxy) is 2. The monoisotopic (exact) mass is 458 g/mol. The number of aromatic nitrogens is 1. The van der Waals surface area contributed by atoms with Crippen LogP contribution >= 0.6 is 11.3 Å². The molecule has 4 rings (SSSR count). The number of hydrogen-bond acceptors (Lipinski definition) is 5. The zero-order chi connectivity index (χ0) is 23.3. The van der Waals surface area contributed by atoms with E-state index in [9.17, 15) is 4.79 Å². The molecule has 0 bridgehead atoms. The van der Waals surface area contributed by atoms with Crippen LogP contribution < -0.4 is 14.8 Å². The van der Waals surface area contributed by atoms with Crippen molar-refractivity contribution in [1.82, 2.24) is 4.98 Å². The van der Waals surface area contributed by atoms with Gasteiger partial charge in [-0.05, 0) is 47.5 Å². The second kappa shape index (κ2) is 9.88. The van der Waals surface area contributed by atoms with Crippen molar-refractivity contribution in [3.05, 3.63) is 95.4 Å². The molecular weight excluding hydrogens is 432 g/mol. The maximum atomic E-state index is 12.3.